The SMILES string of the molecule is C[n+]1ccn(CCCCCCn2cc[n+](C)c2N=Nc2ccc(Cl)cc2)c1N=Nc1ccc(Cl)cc1. The average molecular weight is 525 g/mol. The highest BCUT2D eigenvalue weighted by molar-refractivity contribution is 6.30. The highest BCUT2D eigenvalue weighted by atomic mass is 35.5. The molecule has 0 aliphatic heterocycles. The van der Waals surface area contributed by atoms with Crippen LogP contribution in [0.4, 0.5) is 23.3 Å². The minimum Gasteiger partial charge on any atom is -0.233 e. The Balaban J connectivity index is 1.24. The van der Waals surface area contributed by atoms with Crippen molar-refractivity contribution in [3.8, 4) is 0 Å². The van der Waals surface area contributed by atoms with Gasteiger partial charge < -0.3 is 0 Å². The van der Waals surface area contributed by atoms with Crippen molar-refractivity contribution in [3.63, 3.8) is 0 Å². The summed E-state index contributed by atoms with van der Waals surface area (Å²) in [5, 5.41) is 19.0. The van der Waals surface area contributed by atoms with Gasteiger partial charge in [0, 0.05) is 20.3 Å². The van der Waals surface area contributed by atoms with E-state index in [4.69, 9.17) is 23.2 Å². The summed E-state index contributed by atoms with van der Waals surface area (Å²) >= 11 is 11.9. The Morgan fingerprint density at radius 2 is 0.972 bits per heavy atom. The van der Waals surface area contributed by atoms with Gasteiger partial charge in [-0.3, -0.25) is 0 Å². The second kappa shape index (κ2) is 12.6. The van der Waals surface area contributed by atoms with E-state index in [1.54, 1.807) is 0 Å². The van der Waals surface area contributed by atoms with Crippen LogP contribution in [0.1, 0.15) is 25.7 Å². The molecular formula is C26H30Cl2N8+2. The van der Waals surface area contributed by atoms with Crippen LogP contribution in [0.5, 0.6) is 0 Å². The lowest BCUT2D eigenvalue weighted by atomic mass is 10.2. The number of nitrogens with zero attached hydrogens (tertiary/aromatic N) is 8. The molecule has 10 heteroatoms. The van der Waals surface area contributed by atoms with Crippen LogP contribution in [0, 0.1) is 0 Å². The number of halogens is 2. The Hall–Kier alpha value is -3.36. The van der Waals surface area contributed by atoms with Crippen molar-refractivity contribution in [1.82, 2.24) is 9.13 Å². The molecule has 0 bridgehead atoms. The standard InChI is InChI=1S/C26H30Cl2N8/c1-33-17-19-35(25(33)31-29-23-11-7-21(27)8-12-23)15-5-3-4-6-16-36-20-18-34(2)26(36)32-30-24-13-9-22(28)10-14-24/h7-14,17-20H,3-6,15-16H2,1-2H3/q+2. The minimum atomic E-state index is 0.687. The van der Waals surface area contributed by atoms with Gasteiger partial charge in [-0.2, -0.15) is 0 Å². The van der Waals surface area contributed by atoms with E-state index in [1.165, 1.54) is 0 Å². The number of benzene rings is 2. The van der Waals surface area contributed by atoms with Crippen LogP contribution in [-0.4, -0.2) is 9.13 Å². The van der Waals surface area contributed by atoms with E-state index in [-0.39, 0.29) is 0 Å². The molecule has 0 radical (unpaired) electrons. The first-order chi connectivity index (χ1) is 17.5. The number of imidazole rings is 2. The third-order valence-corrected chi connectivity index (χ3v) is 6.30. The zero-order chi connectivity index (χ0) is 25.3. The van der Waals surface area contributed by atoms with Crippen LogP contribution < -0.4 is 9.13 Å². The molecule has 0 amide bonds. The summed E-state index contributed by atoms with van der Waals surface area (Å²) in [6.07, 6.45) is 12.5. The summed E-state index contributed by atoms with van der Waals surface area (Å²) in [4.78, 5) is 0. The van der Waals surface area contributed by atoms with Gasteiger partial charge in [-0.15, -0.1) is 0 Å². The Morgan fingerprint density at radius 3 is 1.36 bits per heavy atom. The van der Waals surface area contributed by atoms with Crippen LogP contribution in [-0.2, 0) is 27.2 Å². The molecule has 2 aromatic carbocycles. The largest absolute Gasteiger partial charge is 0.421 e. The first-order valence-corrected chi connectivity index (χ1v) is 12.7. The highest BCUT2D eigenvalue weighted by Gasteiger charge is 2.15. The number of unbranched alkanes of at least 4 members (excludes halogenated alkanes) is 3. The lowest BCUT2D eigenvalue weighted by molar-refractivity contribution is -0.657. The Morgan fingerprint density at radius 1 is 0.583 bits per heavy atom. The number of hydrogen-bond acceptors (Lipinski definition) is 4. The Bertz CT molecular complexity index is 1220. The van der Waals surface area contributed by atoms with Gasteiger partial charge in [-0.05, 0) is 61.4 Å². The molecule has 0 atom stereocenters. The van der Waals surface area contributed by atoms with Crippen molar-refractivity contribution in [2.45, 2.75) is 38.8 Å². The number of hydrogen-bond donors (Lipinski definition) is 0. The molecular weight excluding hydrogens is 495 g/mol. The zero-order valence-corrected chi connectivity index (χ0v) is 22.0. The van der Waals surface area contributed by atoms with Crippen molar-refractivity contribution < 1.29 is 9.13 Å². The molecule has 0 aliphatic rings. The third kappa shape index (κ3) is 7.08. The summed E-state index contributed by atoms with van der Waals surface area (Å²) in [7, 11) is 3.96. The van der Waals surface area contributed by atoms with Crippen LogP contribution >= 0.6 is 23.2 Å². The molecule has 4 rings (SSSR count). The number of rotatable bonds is 11. The van der Waals surface area contributed by atoms with Crippen LogP contribution in [0.3, 0.4) is 0 Å². The van der Waals surface area contributed by atoms with Gasteiger partial charge >= 0.3 is 11.9 Å². The molecule has 4 aromatic rings. The van der Waals surface area contributed by atoms with Crippen LogP contribution in [0.2, 0.25) is 10.0 Å². The van der Waals surface area contributed by atoms with Crippen molar-refractivity contribution in [2.24, 2.45) is 34.6 Å². The van der Waals surface area contributed by atoms with Crippen molar-refractivity contribution in [1.29, 1.82) is 0 Å². The molecule has 0 saturated carbocycles. The topological polar surface area (TPSA) is 67.1 Å². The lowest BCUT2D eigenvalue weighted by Gasteiger charge is -2.02. The quantitative estimate of drug-likeness (QED) is 0.112. The van der Waals surface area contributed by atoms with Crippen molar-refractivity contribution in [2.75, 3.05) is 0 Å². The monoisotopic (exact) mass is 524 g/mol. The van der Waals surface area contributed by atoms with Gasteiger partial charge in [0.05, 0.1) is 52.0 Å². The average Bonchev–Trinajstić information content (AvgIpc) is 3.41. The summed E-state index contributed by atoms with van der Waals surface area (Å²) in [6, 6.07) is 14.7. The predicted octanol–water partition coefficient (Wildman–Crippen LogP) is 7.34. The maximum absolute atomic E-state index is 5.94. The van der Waals surface area contributed by atoms with Gasteiger partial charge in [0.15, 0.2) is 0 Å². The zero-order valence-electron chi connectivity index (χ0n) is 20.5. The summed E-state index contributed by atoms with van der Waals surface area (Å²) in [5.41, 5.74) is 1.55. The molecule has 2 heterocycles. The molecule has 186 valence electrons. The summed E-state index contributed by atoms with van der Waals surface area (Å²) < 4.78 is 8.23. The normalized spacial score (nSPS) is 11.8. The molecule has 36 heavy (non-hydrogen) atoms. The maximum Gasteiger partial charge on any atom is 0.421 e. The molecule has 0 spiro atoms. The number of aromatic nitrogens is 4. The van der Waals surface area contributed by atoms with E-state index < -0.39 is 0 Å². The first-order valence-electron chi connectivity index (χ1n) is 11.9. The summed E-state index contributed by atoms with van der Waals surface area (Å²) in [5.74, 6) is 1.64. The summed E-state index contributed by atoms with van der Waals surface area (Å²) in [6.45, 7) is 1.80. The lowest BCUT2D eigenvalue weighted by Crippen LogP contribution is -2.25. The molecule has 8 nitrogen and oxygen atoms in total. The van der Waals surface area contributed by atoms with E-state index in [0.29, 0.717) is 10.0 Å². The fourth-order valence-electron chi connectivity index (χ4n) is 3.78. The van der Waals surface area contributed by atoms with Gasteiger partial charge in [0.2, 0.25) is 0 Å². The Labute approximate surface area is 221 Å². The molecule has 0 saturated heterocycles. The molecule has 0 aliphatic carbocycles. The second-order valence-electron chi connectivity index (χ2n) is 8.57. The minimum absolute atomic E-state index is 0.687. The van der Waals surface area contributed by atoms with Gasteiger partial charge in [-0.25, -0.2) is 18.3 Å². The van der Waals surface area contributed by atoms with Crippen molar-refractivity contribution >= 4 is 46.5 Å². The van der Waals surface area contributed by atoms with E-state index in [1.807, 2.05) is 96.5 Å². The van der Waals surface area contributed by atoms with Crippen LogP contribution in [0.25, 0.3) is 0 Å². The van der Waals surface area contributed by atoms with E-state index in [2.05, 4.69) is 29.6 Å². The number of azo groups is 2. The predicted molar refractivity (Wildman–Crippen MR) is 141 cm³/mol. The Kier molecular flexibility index (Phi) is 8.97. The first kappa shape index (κ1) is 25.7. The fraction of sp³-hybridized carbons (Fsp3) is 0.308. The number of aryl methyl sites for hydroxylation is 4. The van der Waals surface area contributed by atoms with Gasteiger partial charge in [0.25, 0.3) is 0 Å². The van der Waals surface area contributed by atoms with Crippen molar-refractivity contribution in [3.05, 3.63) is 83.4 Å². The maximum atomic E-state index is 5.94. The molecule has 0 fully saturated rings. The van der Waals surface area contributed by atoms with E-state index in [0.717, 1.165) is 62.0 Å². The van der Waals surface area contributed by atoms with Crippen LogP contribution in [0.15, 0.2) is 93.8 Å². The van der Waals surface area contributed by atoms with E-state index in [9.17, 15) is 0 Å². The van der Waals surface area contributed by atoms with Gasteiger partial charge in [-0.1, -0.05) is 46.3 Å². The smallest absolute Gasteiger partial charge is 0.233 e. The third-order valence-electron chi connectivity index (χ3n) is 5.80. The van der Waals surface area contributed by atoms with E-state index >= 15 is 0 Å². The molecule has 0 N–H and O–H groups in total. The highest BCUT2D eigenvalue weighted by Crippen LogP contribution is 2.21. The second-order valence-corrected chi connectivity index (χ2v) is 9.44. The fourth-order valence-corrected chi connectivity index (χ4v) is 4.03. The molecule has 0 unspecified atom stereocenters. The molecule has 2 aromatic heterocycles. The van der Waals surface area contributed by atoms with Gasteiger partial charge in [0.1, 0.15) is 11.4 Å².